The Bertz CT molecular complexity index is 567. The first kappa shape index (κ1) is 15.2. The Labute approximate surface area is 115 Å². The highest BCUT2D eigenvalue weighted by Gasteiger charge is 2.00. The average Bonchev–Trinajstić information content (AvgIpc) is 2.49. The number of nitrogens with two attached hydrogens (primary N) is 1. The van der Waals surface area contributed by atoms with Crippen molar-refractivity contribution >= 4 is 11.9 Å². The third-order valence-corrected chi connectivity index (χ3v) is 2.30. The van der Waals surface area contributed by atoms with Crippen molar-refractivity contribution in [1.82, 2.24) is 4.98 Å². The molecule has 0 fully saturated rings. The number of primary amides is 1. The lowest BCUT2D eigenvalue weighted by Crippen LogP contribution is -2.10. The molecule has 6 nitrogen and oxygen atoms in total. The second-order valence-electron chi connectivity index (χ2n) is 3.63. The summed E-state index contributed by atoms with van der Waals surface area (Å²) in [6.07, 6.45) is 3.06. The van der Waals surface area contributed by atoms with E-state index in [0.717, 1.165) is 0 Å². The zero-order valence-electron chi connectivity index (χ0n) is 10.8. The number of amides is 1. The maximum Gasteiger partial charge on any atom is 0.335 e. The van der Waals surface area contributed by atoms with Crippen LogP contribution in [-0.4, -0.2) is 29.1 Å². The number of rotatable bonds is 3. The molecule has 0 saturated carbocycles. The number of carbonyl (C=O) groups excluding carboxylic acids is 1. The predicted molar refractivity (Wildman–Crippen MR) is 72.7 cm³/mol. The smallest absolute Gasteiger partial charge is 0.335 e. The van der Waals surface area contributed by atoms with Gasteiger partial charge >= 0.3 is 5.97 Å². The van der Waals surface area contributed by atoms with E-state index in [-0.39, 0.29) is 5.56 Å². The largest absolute Gasteiger partial charge is 0.497 e. The summed E-state index contributed by atoms with van der Waals surface area (Å²) in [7, 11) is 1.54. The number of benzene rings is 1. The van der Waals surface area contributed by atoms with Gasteiger partial charge in [0.2, 0.25) is 5.91 Å². The molecule has 0 aliphatic carbocycles. The predicted octanol–water partition coefficient (Wildman–Crippen LogP) is 1.57. The summed E-state index contributed by atoms with van der Waals surface area (Å²) in [6.45, 7) is 0. The normalized spacial score (nSPS) is 9.05. The molecule has 0 saturated heterocycles. The van der Waals surface area contributed by atoms with E-state index < -0.39 is 11.9 Å². The molecule has 0 spiro atoms. The van der Waals surface area contributed by atoms with E-state index in [1.165, 1.54) is 31.6 Å². The Morgan fingerprint density at radius 1 is 1.05 bits per heavy atom. The minimum atomic E-state index is -0.923. The van der Waals surface area contributed by atoms with E-state index >= 15 is 0 Å². The molecular weight excluding hydrogens is 260 g/mol. The molecule has 3 N–H and O–H groups in total. The topological polar surface area (TPSA) is 103 Å². The van der Waals surface area contributed by atoms with Crippen molar-refractivity contribution in [2.24, 2.45) is 5.73 Å². The maximum atomic E-state index is 10.4. The van der Waals surface area contributed by atoms with Crippen molar-refractivity contribution in [3.8, 4) is 5.75 Å². The Balaban J connectivity index is 0.000000204. The fourth-order valence-corrected chi connectivity index (χ4v) is 1.25. The number of hydrogen-bond acceptors (Lipinski definition) is 4. The summed E-state index contributed by atoms with van der Waals surface area (Å²) in [5.41, 5.74) is 5.71. The molecule has 1 amide bonds. The molecule has 6 heteroatoms. The number of carboxylic acid groups (broad SMARTS) is 1. The summed E-state index contributed by atoms with van der Waals surface area (Å²) in [6, 6.07) is 9.37. The van der Waals surface area contributed by atoms with Crippen LogP contribution in [0.15, 0.2) is 48.8 Å². The van der Waals surface area contributed by atoms with E-state index in [4.69, 9.17) is 15.6 Å². The van der Waals surface area contributed by atoms with Gasteiger partial charge < -0.3 is 15.6 Å². The number of aromatic nitrogens is 1. The molecular formula is C14H14N2O4. The van der Waals surface area contributed by atoms with E-state index in [1.54, 1.807) is 24.3 Å². The molecule has 104 valence electrons. The second kappa shape index (κ2) is 7.52. The van der Waals surface area contributed by atoms with Gasteiger partial charge in [-0.15, -0.1) is 0 Å². The molecule has 1 heterocycles. The molecule has 1 aromatic heterocycles. The first-order valence-electron chi connectivity index (χ1n) is 5.61. The van der Waals surface area contributed by atoms with Crippen LogP contribution >= 0.6 is 0 Å². The fraction of sp³-hybridized carbons (Fsp3) is 0.0714. The molecule has 1 aromatic carbocycles. The van der Waals surface area contributed by atoms with Gasteiger partial charge in [-0.1, -0.05) is 0 Å². The van der Waals surface area contributed by atoms with Gasteiger partial charge in [-0.25, -0.2) is 4.79 Å². The number of ether oxygens (including phenoxy) is 1. The van der Waals surface area contributed by atoms with Crippen LogP contribution in [0.25, 0.3) is 0 Å². The van der Waals surface area contributed by atoms with Crippen LogP contribution in [0.4, 0.5) is 0 Å². The first-order valence-corrected chi connectivity index (χ1v) is 5.61. The number of carbonyl (C=O) groups is 2. The minimum absolute atomic E-state index is 0.269. The summed E-state index contributed by atoms with van der Waals surface area (Å²) in [5.74, 6) is -0.681. The first-order chi connectivity index (χ1) is 9.54. The van der Waals surface area contributed by atoms with Crippen molar-refractivity contribution in [3.63, 3.8) is 0 Å². The molecule has 20 heavy (non-hydrogen) atoms. The van der Waals surface area contributed by atoms with Crippen molar-refractivity contribution in [2.45, 2.75) is 0 Å². The number of pyridine rings is 1. The van der Waals surface area contributed by atoms with Gasteiger partial charge in [0.1, 0.15) is 5.75 Å². The Kier molecular flexibility index (Phi) is 5.71. The van der Waals surface area contributed by atoms with Crippen LogP contribution < -0.4 is 10.5 Å². The highest BCUT2D eigenvalue weighted by Crippen LogP contribution is 2.10. The van der Waals surface area contributed by atoms with E-state index in [2.05, 4.69) is 4.98 Å². The van der Waals surface area contributed by atoms with Gasteiger partial charge in [0.25, 0.3) is 0 Å². The van der Waals surface area contributed by atoms with Crippen LogP contribution in [0.3, 0.4) is 0 Å². The van der Waals surface area contributed by atoms with E-state index in [1.807, 2.05) is 0 Å². The van der Waals surface area contributed by atoms with Gasteiger partial charge in [0, 0.05) is 18.0 Å². The van der Waals surface area contributed by atoms with Crippen LogP contribution in [0, 0.1) is 0 Å². The van der Waals surface area contributed by atoms with Crippen molar-refractivity contribution in [1.29, 1.82) is 0 Å². The van der Waals surface area contributed by atoms with Gasteiger partial charge in [-0.2, -0.15) is 0 Å². The molecule has 0 aliphatic rings. The molecule has 0 unspecified atom stereocenters. The lowest BCUT2D eigenvalue weighted by molar-refractivity contribution is 0.0696. The second-order valence-corrected chi connectivity index (χ2v) is 3.63. The molecule has 0 bridgehead atoms. The fourth-order valence-electron chi connectivity index (χ4n) is 1.25. The lowest BCUT2D eigenvalue weighted by atomic mass is 10.2. The zero-order valence-corrected chi connectivity index (χ0v) is 10.8. The molecule has 0 aliphatic heterocycles. The summed E-state index contributed by atoms with van der Waals surface area (Å²) < 4.78 is 4.86. The highest BCUT2D eigenvalue weighted by atomic mass is 16.5. The number of nitrogens with zero attached hydrogens (tertiary/aromatic N) is 1. The third-order valence-electron chi connectivity index (χ3n) is 2.30. The lowest BCUT2D eigenvalue weighted by Gasteiger charge is -1.98. The van der Waals surface area contributed by atoms with Gasteiger partial charge in [0.05, 0.1) is 12.7 Å². The molecule has 2 rings (SSSR count). The Hall–Kier alpha value is -2.89. The van der Waals surface area contributed by atoms with Crippen LogP contribution in [-0.2, 0) is 0 Å². The van der Waals surface area contributed by atoms with Crippen LogP contribution in [0.5, 0.6) is 5.75 Å². The van der Waals surface area contributed by atoms with Crippen molar-refractivity contribution in [3.05, 3.63) is 59.9 Å². The van der Waals surface area contributed by atoms with Gasteiger partial charge in [0.15, 0.2) is 0 Å². The van der Waals surface area contributed by atoms with Gasteiger partial charge in [-0.05, 0) is 36.4 Å². The maximum absolute atomic E-state index is 10.4. The molecule has 0 atom stereocenters. The van der Waals surface area contributed by atoms with Gasteiger partial charge in [-0.3, -0.25) is 9.78 Å². The summed E-state index contributed by atoms with van der Waals surface area (Å²) >= 11 is 0. The van der Waals surface area contributed by atoms with Crippen molar-refractivity contribution < 1.29 is 19.4 Å². The summed E-state index contributed by atoms with van der Waals surface area (Å²) in [4.78, 5) is 24.5. The minimum Gasteiger partial charge on any atom is -0.497 e. The van der Waals surface area contributed by atoms with Crippen molar-refractivity contribution in [2.75, 3.05) is 7.11 Å². The highest BCUT2D eigenvalue weighted by molar-refractivity contribution is 5.92. The van der Waals surface area contributed by atoms with E-state index in [9.17, 15) is 9.59 Å². The van der Waals surface area contributed by atoms with Crippen LogP contribution in [0.2, 0.25) is 0 Å². The summed E-state index contributed by atoms with van der Waals surface area (Å²) in [5, 5.41) is 8.51. The number of carboxylic acids is 1. The quantitative estimate of drug-likeness (QED) is 0.884. The van der Waals surface area contributed by atoms with E-state index in [0.29, 0.717) is 11.3 Å². The monoisotopic (exact) mass is 274 g/mol. The average molecular weight is 274 g/mol. The number of hydrogen-bond donors (Lipinski definition) is 2. The third kappa shape index (κ3) is 4.77. The molecule has 0 radical (unpaired) electrons. The number of methoxy groups -OCH3 is 1. The number of aromatic carboxylic acids is 1. The Morgan fingerprint density at radius 2 is 1.60 bits per heavy atom. The standard InChI is InChI=1S/C8H8O3.C6H6N2O/c1-11-7-4-2-6(3-5-7)8(9)10;7-6(9)5-1-3-8-4-2-5/h2-5H,1H3,(H,9,10);1-4H,(H2,7,9). The molecule has 2 aromatic rings. The van der Waals surface area contributed by atoms with Crippen LogP contribution in [0.1, 0.15) is 20.7 Å². The SMILES string of the molecule is COc1ccc(C(=O)O)cc1.NC(=O)c1ccncc1. The Morgan fingerprint density at radius 3 is 1.95 bits per heavy atom. The zero-order chi connectivity index (χ0) is 15.0.